The summed E-state index contributed by atoms with van der Waals surface area (Å²) in [6.45, 7) is 8.06. The number of nitrogens with one attached hydrogen (secondary N) is 2. The molecule has 0 heterocycles. The minimum absolute atomic E-state index is 0.0331. The minimum Gasteiger partial charge on any atom is -0.391 e. The van der Waals surface area contributed by atoms with Crippen LogP contribution >= 0.6 is 0 Å². The fourth-order valence-corrected chi connectivity index (χ4v) is 5.33. The number of nitrogens with two attached hydrogens (primary N) is 1. The van der Waals surface area contributed by atoms with Crippen LogP contribution in [-0.2, 0) is 29.0 Å². The normalized spacial score (nSPS) is 18.8. The number of primary amides is 1. The van der Waals surface area contributed by atoms with Gasteiger partial charge in [0.1, 0.15) is 11.6 Å². The zero-order valence-corrected chi connectivity index (χ0v) is 23.1. The predicted molar refractivity (Wildman–Crippen MR) is 148 cm³/mol. The number of allylic oxidation sites excluding steroid dienone is 2. The van der Waals surface area contributed by atoms with Gasteiger partial charge in [0, 0.05) is 36.7 Å². The van der Waals surface area contributed by atoms with Crippen LogP contribution in [0.4, 0.5) is 8.78 Å². The molecule has 5 N–H and O–H groups in total. The predicted octanol–water partition coefficient (Wildman–Crippen LogP) is 4.11. The summed E-state index contributed by atoms with van der Waals surface area (Å²) in [7, 11) is 0. The first kappa shape index (κ1) is 30.2. The van der Waals surface area contributed by atoms with Crippen LogP contribution in [0, 0.1) is 23.0 Å². The molecule has 2 aromatic carbocycles. The number of halogens is 2. The maximum absolute atomic E-state index is 14.1. The van der Waals surface area contributed by atoms with E-state index in [9.17, 15) is 23.5 Å². The molecule has 0 aliphatic heterocycles. The Hall–Kier alpha value is -3.36. The Bertz CT molecular complexity index is 1240. The number of aliphatic hydroxyl groups is 1. The molecule has 0 aromatic heterocycles. The van der Waals surface area contributed by atoms with Crippen LogP contribution in [-0.4, -0.2) is 35.6 Å². The largest absolute Gasteiger partial charge is 0.391 e. The Labute approximate surface area is 229 Å². The lowest BCUT2D eigenvalue weighted by atomic mass is 9.63. The molecule has 0 spiro atoms. The molecule has 39 heavy (non-hydrogen) atoms. The molecule has 1 aliphatic rings. The number of aliphatic hydroxyl groups excluding tert-OH is 1. The number of carbonyl (C=O) groups excluding carboxylic acids is 2. The number of carbonyl (C=O) groups is 2. The fourth-order valence-electron chi connectivity index (χ4n) is 5.33. The average molecular weight is 540 g/mol. The first-order valence-corrected chi connectivity index (χ1v) is 13.4. The summed E-state index contributed by atoms with van der Waals surface area (Å²) in [6.07, 6.45) is 3.06. The van der Waals surface area contributed by atoms with Gasteiger partial charge >= 0.3 is 0 Å². The van der Waals surface area contributed by atoms with E-state index in [0.717, 1.165) is 18.1 Å². The Kier molecular flexibility index (Phi) is 10.2. The second-order valence-electron chi connectivity index (χ2n) is 10.7. The lowest BCUT2D eigenvalue weighted by molar-refractivity contribution is -0.131. The third kappa shape index (κ3) is 7.83. The summed E-state index contributed by atoms with van der Waals surface area (Å²) in [6, 6.07) is 11.1. The Morgan fingerprint density at radius 1 is 1.08 bits per heavy atom. The smallest absolute Gasteiger partial charge is 0.247 e. The standard InChI is InChI=1S/C31H39F2N3O3/c1-5-21-7-6-8-22(10-21)17-35-18-28(37)27(13-23-11-25(32)14-26(33)12-23)31(30(34)39)15-20(4)9-24(16-31)29(38)36-19(2)3/h6-12,14-15,19,27-28,35,37H,5,13,16-18H2,1-4H3,(H2,34,39)(H,36,38)/t27-,28+,31?/m1/s1. The molecular weight excluding hydrogens is 500 g/mol. The number of hydrogen-bond acceptors (Lipinski definition) is 4. The second kappa shape index (κ2) is 13.1. The third-order valence-electron chi connectivity index (χ3n) is 7.13. The van der Waals surface area contributed by atoms with Gasteiger partial charge in [-0.05, 0) is 68.9 Å². The highest BCUT2D eigenvalue weighted by atomic mass is 19.1. The van der Waals surface area contributed by atoms with Gasteiger partial charge in [-0.3, -0.25) is 9.59 Å². The summed E-state index contributed by atoms with van der Waals surface area (Å²) in [5, 5.41) is 17.6. The molecule has 1 unspecified atom stereocenters. The number of hydrogen-bond donors (Lipinski definition) is 4. The molecule has 3 atom stereocenters. The molecule has 1 aliphatic carbocycles. The molecule has 210 valence electrons. The molecule has 0 saturated carbocycles. The van der Waals surface area contributed by atoms with E-state index in [1.165, 1.54) is 17.7 Å². The van der Waals surface area contributed by atoms with Crippen molar-refractivity contribution in [1.29, 1.82) is 0 Å². The van der Waals surface area contributed by atoms with Crippen molar-refractivity contribution in [3.05, 3.63) is 94.1 Å². The fraction of sp³-hybridized carbons (Fsp3) is 0.419. The van der Waals surface area contributed by atoms with Gasteiger partial charge in [0.25, 0.3) is 0 Å². The minimum atomic E-state index is -1.46. The van der Waals surface area contributed by atoms with E-state index in [1.54, 1.807) is 19.1 Å². The van der Waals surface area contributed by atoms with Crippen molar-refractivity contribution in [1.82, 2.24) is 10.6 Å². The van der Waals surface area contributed by atoms with Gasteiger partial charge < -0.3 is 21.5 Å². The van der Waals surface area contributed by atoms with Crippen molar-refractivity contribution >= 4 is 11.8 Å². The summed E-state index contributed by atoms with van der Waals surface area (Å²) in [5.74, 6) is -3.44. The van der Waals surface area contributed by atoms with Gasteiger partial charge in [-0.2, -0.15) is 0 Å². The van der Waals surface area contributed by atoms with Crippen LogP contribution in [0.2, 0.25) is 0 Å². The van der Waals surface area contributed by atoms with Gasteiger partial charge in [-0.15, -0.1) is 0 Å². The number of amides is 2. The molecule has 0 saturated heterocycles. The highest BCUT2D eigenvalue weighted by Crippen LogP contribution is 2.44. The molecule has 0 bridgehead atoms. The van der Waals surface area contributed by atoms with Crippen LogP contribution < -0.4 is 16.4 Å². The summed E-state index contributed by atoms with van der Waals surface area (Å²) in [4.78, 5) is 26.1. The van der Waals surface area contributed by atoms with Crippen LogP contribution in [0.15, 0.2) is 65.8 Å². The van der Waals surface area contributed by atoms with Crippen molar-refractivity contribution in [2.45, 2.75) is 65.6 Å². The molecular formula is C31H39F2N3O3. The molecule has 2 aromatic rings. The van der Waals surface area contributed by atoms with Gasteiger partial charge in [0.15, 0.2) is 0 Å². The number of rotatable bonds is 12. The quantitative estimate of drug-likeness (QED) is 0.326. The van der Waals surface area contributed by atoms with Gasteiger partial charge in [0.05, 0.1) is 11.5 Å². The summed E-state index contributed by atoms with van der Waals surface area (Å²) >= 11 is 0. The monoisotopic (exact) mass is 539 g/mol. The molecule has 0 radical (unpaired) electrons. The van der Waals surface area contributed by atoms with Crippen LogP contribution in [0.1, 0.15) is 50.8 Å². The number of benzene rings is 2. The molecule has 6 nitrogen and oxygen atoms in total. The van der Waals surface area contributed by atoms with E-state index in [0.29, 0.717) is 17.7 Å². The van der Waals surface area contributed by atoms with E-state index in [1.807, 2.05) is 32.0 Å². The van der Waals surface area contributed by atoms with E-state index in [2.05, 4.69) is 23.6 Å². The van der Waals surface area contributed by atoms with Crippen molar-refractivity contribution < 1.29 is 23.5 Å². The van der Waals surface area contributed by atoms with E-state index < -0.39 is 35.0 Å². The Morgan fingerprint density at radius 2 is 1.74 bits per heavy atom. The lowest BCUT2D eigenvalue weighted by Gasteiger charge is -2.41. The molecule has 3 rings (SSSR count). The topological polar surface area (TPSA) is 104 Å². The van der Waals surface area contributed by atoms with E-state index in [4.69, 9.17) is 5.73 Å². The van der Waals surface area contributed by atoms with Crippen molar-refractivity contribution in [2.24, 2.45) is 17.1 Å². The summed E-state index contributed by atoms with van der Waals surface area (Å²) < 4.78 is 28.2. The van der Waals surface area contributed by atoms with Crippen molar-refractivity contribution in [3.63, 3.8) is 0 Å². The lowest BCUT2D eigenvalue weighted by Crippen LogP contribution is -2.51. The third-order valence-corrected chi connectivity index (χ3v) is 7.13. The maximum atomic E-state index is 14.1. The highest BCUT2D eigenvalue weighted by molar-refractivity contribution is 5.97. The van der Waals surface area contributed by atoms with Crippen molar-refractivity contribution in [3.8, 4) is 0 Å². The highest BCUT2D eigenvalue weighted by Gasteiger charge is 2.48. The second-order valence-corrected chi connectivity index (χ2v) is 10.7. The first-order valence-electron chi connectivity index (χ1n) is 13.4. The summed E-state index contributed by atoms with van der Waals surface area (Å²) in [5.41, 5.74) is 8.05. The van der Waals surface area contributed by atoms with Crippen LogP contribution in [0.3, 0.4) is 0 Å². The first-order chi connectivity index (χ1) is 18.4. The van der Waals surface area contributed by atoms with Crippen LogP contribution in [0.5, 0.6) is 0 Å². The zero-order chi connectivity index (χ0) is 28.7. The maximum Gasteiger partial charge on any atom is 0.247 e. The molecule has 0 fully saturated rings. The molecule has 2 amide bonds. The van der Waals surface area contributed by atoms with Gasteiger partial charge in [0.2, 0.25) is 11.8 Å². The zero-order valence-electron chi connectivity index (χ0n) is 23.1. The SMILES string of the molecule is CCc1cccc(CNC[C@H](O)[C@@H](Cc2cc(F)cc(F)c2)C2(C(N)=O)C=C(C)C=C(C(=O)NC(C)C)C2)c1. The Balaban J connectivity index is 1.95. The van der Waals surface area contributed by atoms with Gasteiger partial charge in [-0.1, -0.05) is 48.9 Å². The molecule has 8 heteroatoms. The Morgan fingerprint density at radius 3 is 2.36 bits per heavy atom. The van der Waals surface area contributed by atoms with E-state index >= 15 is 0 Å². The van der Waals surface area contributed by atoms with E-state index in [-0.39, 0.29) is 36.9 Å². The van der Waals surface area contributed by atoms with Crippen molar-refractivity contribution in [2.75, 3.05) is 6.54 Å². The van der Waals surface area contributed by atoms with Crippen LogP contribution in [0.25, 0.3) is 0 Å². The van der Waals surface area contributed by atoms with Gasteiger partial charge in [-0.25, -0.2) is 8.78 Å². The number of aryl methyl sites for hydroxylation is 1. The average Bonchev–Trinajstić information content (AvgIpc) is 2.85.